The maximum Gasteiger partial charge on any atom is 0.162 e. The zero-order valence-corrected chi connectivity index (χ0v) is 17.8. The van der Waals surface area contributed by atoms with Crippen LogP contribution in [0.25, 0.3) is 0 Å². The van der Waals surface area contributed by atoms with Crippen LogP contribution in [-0.4, -0.2) is 15.4 Å². The van der Waals surface area contributed by atoms with E-state index in [-0.39, 0.29) is 12.0 Å². The molecule has 1 heterocycles. The molecule has 0 spiro atoms. The minimum Gasteiger partial charge on any atom is -0.388 e. The fourth-order valence-corrected chi connectivity index (χ4v) is 8.49. The highest BCUT2D eigenvalue weighted by Gasteiger charge is 2.65. The number of hydrogen-bond donors (Lipinski definition) is 2. The van der Waals surface area contributed by atoms with Crippen LogP contribution in [0.2, 0.25) is 0 Å². The molecule has 0 saturated heterocycles. The Balaban J connectivity index is 1.45. The van der Waals surface area contributed by atoms with Gasteiger partial charge in [-0.25, -0.2) is 0 Å². The molecular weight excluding hydrogens is 350 g/mol. The maximum absolute atomic E-state index is 11.8. The second-order valence-corrected chi connectivity index (χ2v) is 11.2. The summed E-state index contributed by atoms with van der Waals surface area (Å²) in [6, 6.07) is 1.78. The summed E-state index contributed by atoms with van der Waals surface area (Å²) < 4.78 is 5.26. The van der Waals surface area contributed by atoms with E-state index in [1.54, 1.807) is 6.07 Å². The van der Waals surface area contributed by atoms with Gasteiger partial charge in [0.25, 0.3) is 0 Å². The van der Waals surface area contributed by atoms with Gasteiger partial charge in [-0.1, -0.05) is 32.3 Å². The van der Waals surface area contributed by atoms with Crippen molar-refractivity contribution in [1.29, 1.82) is 0 Å². The lowest BCUT2D eigenvalue weighted by Crippen LogP contribution is -2.55. The topological polar surface area (TPSA) is 66.5 Å². The molecule has 0 aliphatic heterocycles. The summed E-state index contributed by atoms with van der Waals surface area (Å²) >= 11 is 0. The molecule has 5 rings (SSSR count). The zero-order valence-electron chi connectivity index (χ0n) is 17.8. The average molecular weight is 388 g/mol. The minimum absolute atomic E-state index is 0.136. The Kier molecular flexibility index (Phi) is 4.31. The van der Waals surface area contributed by atoms with Crippen LogP contribution >= 0.6 is 0 Å². The van der Waals surface area contributed by atoms with Gasteiger partial charge < -0.3 is 14.7 Å². The van der Waals surface area contributed by atoms with Crippen LogP contribution in [0.1, 0.15) is 90.0 Å². The van der Waals surface area contributed by atoms with E-state index < -0.39 is 5.60 Å². The number of aromatic nitrogens is 1. The first kappa shape index (κ1) is 19.1. The second-order valence-electron chi connectivity index (χ2n) is 11.2. The molecule has 4 heteroatoms. The highest BCUT2D eigenvalue weighted by Crippen LogP contribution is 2.70. The van der Waals surface area contributed by atoms with E-state index in [2.05, 4.69) is 25.9 Å². The van der Waals surface area contributed by atoms with E-state index in [0.29, 0.717) is 22.8 Å². The van der Waals surface area contributed by atoms with Crippen LogP contribution in [0.5, 0.6) is 0 Å². The molecule has 4 aliphatic carbocycles. The molecule has 4 saturated carbocycles. The van der Waals surface area contributed by atoms with Crippen molar-refractivity contribution in [2.24, 2.45) is 40.4 Å². The largest absolute Gasteiger partial charge is 0.388 e. The summed E-state index contributed by atoms with van der Waals surface area (Å²) in [7, 11) is 0. The third-order valence-corrected chi connectivity index (χ3v) is 10.2. The number of rotatable bonds is 2. The summed E-state index contributed by atoms with van der Waals surface area (Å²) in [4.78, 5) is 0. The van der Waals surface area contributed by atoms with Gasteiger partial charge in [0, 0.05) is 11.5 Å². The predicted octanol–water partition coefficient (Wildman–Crippen LogP) is 5.03. The molecule has 4 nitrogen and oxygen atoms in total. The third kappa shape index (κ3) is 2.40. The Hall–Kier alpha value is -0.870. The Bertz CT molecular complexity index is 746. The zero-order chi connectivity index (χ0) is 19.7. The lowest BCUT2D eigenvalue weighted by atomic mass is 9.44. The van der Waals surface area contributed by atoms with Gasteiger partial charge in [0.15, 0.2) is 5.76 Å². The summed E-state index contributed by atoms with van der Waals surface area (Å²) in [5.74, 6) is 4.39. The smallest absolute Gasteiger partial charge is 0.162 e. The van der Waals surface area contributed by atoms with Gasteiger partial charge in [0.05, 0.1) is 0 Å². The van der Waals surface area contributed by atoms with Crippen molar-refractivity contribution in [3.63, 3.8) is 0 Å². The molecule has 8 atom stereocenters. The Morgan fingerprint density at radius 1 is 1.07 bits per heavy atom. The lowest BCUT2D eigenvalue weighted by molar-refractivity contribution is -0.159. The van der Waals surface area contributed by atoms with Gasteiger partial charge in [-0.15, -0.1) is 0 Å². The molecule has 2 N–H and O–H groups in total. The number of nitrogens with zero attached hydrogens (tertiary/aromatic N) is 1. The molecule has 0 amide bonds. The molecule has 28 heavy (non-hydrogen) atoms. The summed E-state index contributed by atoms with van der Waals surface area (Å²) in [6.45, 7) is 7.20. The molecular formula is C24H37NO3. The van der Waals surface area contributed by atoms with Gasteiger partial charge in [-0.05, 0) is 86.4 Å². The van der Waals surface area contributed by atoms with E-state index in [4.69, 9.17) is 4.52 Å². The number of hydrogen-bond acceptors (Lipinski definition) is 4. The summed E-state index contributed by atoms with van der Waals surface area (Å²) in [5, 5.41) is 25.4. The van der Waals surface area contributed by atoms with Crippen molar-refractivity contribution in [3.8, 4) is 0 Å². The summed E-state index contributed by atoms with van der Waals surface area (Å²) in [6.07, 6.45) is 11.1. The monoisotopic (exact) mass is 387 g/mol. The normalized spacial score (nSPS) is 50.7. The first-order valence-corrected chi connectivity index (χ1v) is 11.6. The van der Waals surface area contributed by atoms with E-state index >= 15 is 0 Å². The lowest BCUT2D eigenvalue weighted by Gasteiger charge is -2.61. The van der Waals surface area contributed by atoms with E-state index in [1.807, 2.05) is 0 Å². The molecule has 4 fully saturated rings. The molecule has 3 unspecified atom stereocenters. The second kappa shape index (κ2) is 6.31. The predicted molar refractivity (Wildman–Crippen MR) is 107 cm³/mol. The van der Waals surface area contributed by atoms with Crippen molar-refractivity contribution in [2.45, 2.75) is 90.8 Å². The van der Waals surface area contributed by atoms with E-state index in [1.165, 1.54) is 38.5 Å². The first-order chi connectivity index (χ1) is 13.3. The number of fused-ring (bicyclic) bond motifs is 5. The fourth-order valence-electron chi connectivity index (χ4n) is 8.49. The number of aliphatic hydroxyl groups excluding tert-OH is 1. The van der Waals surface area contributed by atoms with Crippen LogP contribution in [0, 0.1) is 40.4 Å². The molecule has 0 bridgehead atoms. The molecule has 4 aliphatic rings. The van der Waals surface area contributed by atoms with Gasteiger partial charge in [0.1, 0.15) is 17.9 Å². The Morgan fingerprint density at radius 2 is 1.86 bits per heavy atom. The van der Waals surface area contributed by atoms with Crippen LogP contribution < -0.4 is 0 Å². The standard InChI is InChI=1S/C24H37NO3/c1-15-6-9-22(2)16(12-15)4-5-18-19(22)7-10-23(3)20(18)8-11-24(23,27)21-13-17(14-26)28-25-21/h13,15-16,18-20,26-27H,4-12,14H2,1-3H3/t15?,16?,18-,19-,20+,22+,23+,24?/m1/s1. The maximum atomic E-state index is 11.8. The third-order valence-electron chi connectivity index (χ3n) is 10.2. The van der Waals surface area contributed by atoms with Gasteiger partial charge in [0.2, 0.25) is 0 Å². The SMILES string of the molecule is CC1CC[C@@]2(C)C(CC[C@@H]3[C@H]2CC[C@@]2(C)[C@H]3CCC2(O)c2cc(CO)on2)C1. The van der Waals surface area contributed by atoms with E-state index in [9.17, 15) is 10.2 Å². The van der Waals surface area contributed by atoms with Gasteiger partial charge in [-0.3, -0.25) is 0 Å². The Labute approximate surface area is 169 Å². The van der Waals surface area contributed by atoms with Crippen molar-refractivity contribution in [2.75, 3.05) is 0 Å². The molecule has 1 aromatic heterocycles. The fraction of sp³-hybridized carbons (Fsp3) is 0.875. The van der Waals surface area contributed by atoms with Crippen LogP contribution in [-0.2, 0) is 12.2 Å². The van der Waals surface area contributed by atoms with Crippen LogP contribution in [0.15, 0.2) is 10.6 Å². The van der Waals surface area contributed by atoms with Crippen LogP contribution in [0.4, 0.5) is 0 Å². The van der Waals surface area contributed by atoms with Gasteiger partial charge >= 0.3 is 0 Å². The van der Waals surface area contributed by atoms with Gasteiger partial charge in [-0.2, -0.15) is 0 Å². The highest BCUT2D eigenvalue weighted by molar-refractivity contribution is 5.24. The van der Waals surface area contributed by atoms with Crippen molar-refractivity contribution in [1.82, 2.24) is 5.16 Å². The van der Waals surface area contributed by atoms with Crippen molar-refractivity contribution in [3.05, 3.63) is 17.5 Å². The summed E-state index contributed by atoms with van der Waals surface area (Å²) in [5.41, 5.74) is 0.0999. The van der Waals surface area contributed by atoms with Crippen LogP contribution in [0.3, 0.4) is 0 Å². The van der Waals surface area contributed by atoms with Crippen molar-refractivity contribution < 1.29 is 14.7 Å². The average Bonchev–Trinajstić information content (AvgIpc) is 3.26. The number of aliphatic hydroxyl groups is 2. The quantitative estimate of drug-likeness (QED) is 0.746. The van der Waals surface area contributed by atoms with E-state index in [0.717, 1.165) is 42.9 Å². The highest BCUT2D eigenvalue weighted by atomic mass is 16.5. The molecule has 156 valence electrons. The minimum atomic E-state index is -0.918. The molecule has 0 radical (unpaired) electrons. The Morgan fingerprint density at radius 3 is 2.61 bits per heavy atom. The molecule has 1 aromatic rings. The molecule has 0 aromatic carbocycles. The first-order valence-electron chi connectivity index (χ1n) is 11.6. The van der Waals surface area contributed by atoms with Crippen molar-refractivity contribution >= 4 is 0 Å².